The minimum atomic E-state index is -3.33. The lowest BCUT2D eigenvalue weighted by atomic mass is 10.2. The van der Waals surface area contributed by atoms with E-state index in [9.17, 15) is 13.2 Å². The van der Waals surface area contributed by atoms with Crippen LogP contribution in [0.5, 0.6) is 0 Å². The Morgan fingerprint density at radius 1 is 1.43 bits per heavy atom. The number of nitrogens with two attached hydrogens (primary N) is 1. The summed E-state index contributed by atoms with van der Waals surface area (Å²) >= 11 is 1.30. The SMILES string of the molecule is CCNS(=O)(=O)CCNC(=O)c1ccc2nc(N)sc2c1. The predicted molar refractivity (Wildman–Crippen MR) is 83.8 cm³/mol. The molecule has 7 nitrogen and oxygen atoms in total. The first-order valence-electron chi connectivity index (χ1n) is 6.33. The predicted octanol–water partition coefficient (Wildman–Crippen LogP) is 0.548. The fraction of sp³-hybridized carbons (Fsp3) is 0.333. The van der Waals surface area contributed by atoms with Crippen LogP contribution in [0, 0.1) is 0 Å². The zero-order chi connectivity index (χ0) is 15.5. The van der Waals surface area contributed by atoms with Crippen LogP contribution in [-0.4, -0.2) is 38.2 Å². The van der Waals surface area contributed by atoms with Gasteiger partial charge in [0, 0.05) is 18.7 Å². The monoisotopic (exact) mass is 328 g/mol. The van der Waals surface area contributed by atoms with Gasteiger partial charge in [0.05, 0.1) is 16.0 Å². The zero-order valence-electron chi connectivity index (χ0n) is 11.4. The Morgan fingerprint density at radius 3 is 2.90 bits per heavy atom. The molecule has 1 aromatic carbocycles. The molecule has 0 bridgehead atoms. The number of hydrogen-bond donors (Lipinski definition) is 3. The summed E-state index contributed by atoms with van der Waals surface area (Å²) in [5, 5.41) is 3.02. The highest BCUT2D eigenvalue weighted by Crippen LogP contribution is 2.24. The maximum atomic E-state index is 12.0. The number of carbonyl (C=O) groups excluding carboxylic acids is 1. The van der Waals surface area contributed by atoms with E-state index in [1.807, 2.05) is 0 Å². The molecule has 0 unspecified atom stereocenters. The summed E-state index contributed by atoms with van der Waals surface area (Å²) in [6.45, 7) is 2.09. The molecular formula is C12H16N4O3S2. The van der Waals surface area contributed by atoms with Crippen molar-refractivity contribution in [3.05, 3.63) is 23.8 Å². The van der Waals surface area contributed by atoms with Gasteiger partial charge in [-0.25, -0.2) is 18.1 Å². The summed E-state index contributed by atoms with van der Waals surface area (Å²) in [5.41, 5.74) is 6.80. The van der Waals surface area contributed by atoms with Gasteiger partial charge in [-0.15, -0.1) is 0 Å². The van der Waals surface area contributed by atoms with E-state index in [4.69, 9.17) is 5.73 Å². The quantitative estimate of drug-likeness (QED) is 0.716. The molecular weight excluding hydrogens is 312 g/mol. The Balaban J connectivity index is 1.99. The minimum absolute atomic E-state index is 0.0526. The van der Waals surface area contributed by atoms with E-state index in [-0.39, 0.29) is 18.2 Å². The number of thiazole rings is 1. The molecule has 0 radical (unpaired) electrons. The molecule has 0 spiro atoms. The van der Waals surface area contributed by atoms with E-state index >= 15 is 0 Å². The number of rotatable bonds is 6. The largest absolute Gasteiger partial charge is 0.375 e. The van der Waals surface area contributed by atoms with Crippen molar-refractivity contribution in [1.82, 2.24) is 15.0 Å². The number of nitrogen functional groups attached to an aromatic ring is 1. The van der Waals surface area contributed by atoms with E-state index in [0.717, 1.165) is 10.2 Å². The number of sulfonamides is 1. The van der Waals surface area contributed by atoms with Crippen molar-refractivity contribution in [1.29, 1.82) is 0 Å². The van der Waals surface area contributed by atoms with Gasteiger partial charge in [-0.1, -0.05) is 18.3 Å². The van der Waals surface area contributed by atoms with E-state index in [2.05, 4.69) is 15.0 Å². The standard InChI is InChI=1S/C12H16N4O3S2/c1-2-15-21(18,19)6-5-14-11(17)8-3-4-9-10(7-8)20-12(13)16-9/h3-4,7,15H,2,5-6H2,1H3,(H2,13,16)(H,14,17). The van der Waals surface area contributed by atoms with Gasteiger partial charge in [-0.2, -0.15) is 0 Å². The van der Waals surface area contributed by atoms with Crippen LogP contribution in [0.15, 0.2) is 18.2 Å². The Bertz CT molecular complexity index is 755. The summed E-state index contributed by atoms with van der Waals surface area (Å²) in [6.07, 6.45) is 0. The van der Waals surface area contributed by atoms with Crippen LogP contribution >= 0.6 is 11.3 Å². The van der Waals surface area contributed by atoms with Gasteiger partial charge in [0.25, 0.3) is 5.91 Å². The molecule has 1 aromatic heterocycles. The second-order valence-corrected chi connectivity index (χ2v) is 7.30. The zero-order valence-corrected chi connectivity index (χ0v) is 13.1. The minimum Gasteiger partial charge on any atom is -0.375 e. The Kier molecular flexibility index (Phi) is 4.76. The van der Waals surface area contributed by atoms with Crippen molar-refractivity contribution in [3.63, 3.8) is 0 Å². The van der Waals surface area contributed by atoms with Gasteiger partial charge in [0.15, 0.2) is 5.13 Å². The fourth-order valence-electron chi connectivity index (χ4n) is 1.78. The first-order valence-corrected chi connectivity index (χ1v) is 8.80. The molecule has 0 aliphatic rings. The summed E-state index contributed by atoms with van der Waals surface area (Å²) in [6, 6.07) is 5.04. The van der Waals surface area contributed by atoms with Crippen LogP contribution in [0.3, 0.4) is 0 Å². The highest BCUT2D eigenvalue weighted by atomic mass is 32.2. The maximum absolute atomic E-state index is 12.0. The van der Waals surface area contributed by atoms with Crippen LogP contribution in [0.4, 0.5) is 5.13 Å². The number of carbonyl (C=O) groups is 1. The average Bonchev–Trinajstić information content (AvgIpc) is 2.77. The molecule has 1 amide bonds. The highest BCUT2D eigenvalue weighted by Gasteiger charge is 2.11. The lowest BCUT2D eigenvalue weighted by molar-refractivity contribution is 0.0956. The van der Waals surface area contributed by atoms with E-state index in [1.54, 1.807) is 25.1 Å². The number of nitrogens with zero attached hydrogens (tertiary/aromatic N) is 1. The molecule has 0 saturated carbocycles. The normalized spacial score (nSPS) is 11.7. The van der Waals surface area contributed by atoms with Crippen LogP contribution in [0.25, 0.3) is 10.2 Å². The third kappa shape index (κ3) is 4.13. The first-order chi connectivity index (χ1) is 9.91. The molecule has 21 heavy (non-hydrogen) atoms. The molecule has 0 aliphatic carbocycles. The smallest absolute Gasteiger partial charge is 0.251 e. The van der Waals surface area contributed by atoms with Crippen LogP contribution < -0.4 is 15.8 Å². The number of aromatic nitrogens is 1. The average molecular weight is 328 g/mol. The third-order valence-corrected chi connectivity index (χ3v) is 5.01. The molecule has 4 N–H and O–H groups in total. The van der Waals surface area contributed by atoms with E-state index in [0.29, 0.717) is 17.2 Å². The number of nitrogens with one attached hydrogen (secondary N) is 2. The molecule has 114 valence electrons. The summed E-state index contributed by atoms with van der Waals surface area (Å²) in [7, 11) is -3.33. The van der Waals surface area contributed by atoms with Gasteiger partial charge in [-0.05, 0) is 18.2 Å². The topological polar surface area (TPSA) is 114 Å². The molecule has 1 heterocycles. The van der Waals surface area contributed by atoms with Crippen molar-refractivity contribution < 1.29 is 13.2 Å². The first kappa shape index (κ1) is 15.7. The second-order valence-electron chi connectivity index (χ2n) is 4.31. The molecule has 2 aromatic rings. The molecule has 0 aliphatic heterocycles. The fourth-order valence-corrected chi connectivity index (χ4v) is 3.51. The van der Waals surface area contributed by atoms with Crippen LogP contribution in [0.1, 0.15) is 17.3 Å². The number of fused-ring (bicyclic) bond motifs is 1. The molecule has 9 heteroatoms. The number of anilines is 1. The van der Waals surface area contributed by atoms with E-state index in [1.165, 1.54) is 11.3 Å². The van der Waals surface area contributed by atoms with Crippen molar-refractivity contribution >= 4 is 42.6 Å². The molecule has 0 atom stereocenters. The van der Waals surface area contributed by atoms with Crippen LogP contribution in [0.2, 0.25) is 0 Å². The lowest BCUT2D eigenvalue weighted by Crippen LogP contribution is -2.34. The number of amides is 1. The van der Waals surface area contributed by atoms with Gasteiger partial charge in [-0.3, -0.25) is 4.79 Å². The van der Waals surface area contributed by atoms with Crippen molar-refractivity contribution in [2.75, 3.05) is 24.6 Å². The van der Waals surface area contributed by atoms with Gasteiger partial charge < -0.3 is 11.1 Å². The Labute approximate surface area is 126 Å². The third-order valence-electron chi connectivity index (χ3n) is 2.69. The highest BCUT2D eigenvalue weighted by molar-refractivity contribution is 7.89. The molecule has 2 rings (SSSR count). The summed E-state index contributed by atoms with van der Waals surface area (Å²) in [4.78, 5) is 16.1. The van der Waals surface area contributed by atoms with Gasteiger partial charge >= 0.3 is 0 Å². The van der Waals surface area contributed by atoms with Crippen LogP contribution in [-0.2, 0) is 10.0 Å². The van der Waals surface area contributed by atoms with Crippen molar-refractivity contribution in [2.45, 2.75) is 6.92 Å². The number of hydrogen-bond acceptors (Lipinski definition) is 6. The summed E-state index contributed by atoms with van der Waals surface area (Å²) < 4.78 is 26.1. The van der Waals surface area contributed by atoms with E-state index < -0.39 is 10.0 Å². The summed E-state index contributed by atoms with van der Waals surface area (Å²) in [5.74, 6) is -0.474. The van der Waals surface area contributed by atoms with Crippen molar-refractivity contribution in [3.8, 4) is 0 Å². The van der Waals surface area contributed by atoms with Gasteiger partial charge in [0.1, 0.15) is 0 Å². The number of benzene rings is 1. The maximum Gasteiger partial charge on any atom is 0.251 e. The Morgan fingerprint density at radius 2 is 2.19 bits per heavy atom. The van der Waals surface area contributed by atoms with Gasteiger partial charge in [0.2, 0.25) is 10.0 Å². The molecule has 0 saturated heterocycles. The lowest BCUT2D eigenvalue weighted by Gasteiger charge is -2.06. The second kappa shape index (κ2) is 6.37. The molecule has 0 fully saturated rings. The van der Waals surface area contributed by atoms with Crippen molar-refractivity contribution in [2.24, 2.45) is 0 Å². The Hall–Kier alpha value is -1.71.